The quantitative estimate of drug-likeness (QED) is 0.155. The minimum atomic E-state index is -1.50. The molecule has 1 saturated heterocycles. The fraction of sp³-hybridized carbons (Fsp3) is 0.581. The maximum Gasteiger partial charge on any atom is 0.352 e. The van der Waals surface area contributed by atoms with E-state index < -0.39 is 71.6 Å². The summed E-state index contributed by atoms with van der Waals surface area (Å²) in [5, 5.41) is 31.9. The summed E-state index contributed by atoms with van der Waals surface area (Å²) in [6, 6.07) is 1.53. The van der Waals surface area contributed by atoms with Gasteiger partial charge in [0.1, 0.15) is 23.5 Å². The van der Waals surface area contributed by atoms with Crippen LogP contribution < -0.4 is 15.8 Å². The number of carbonyl (C=O) groups excluding carboxylic acids is 4. The first kappa shape index (κ1) is 33.2. The molecule has 1 aromatic rings. The van der Waals surface area contributed by atoms with Gasteiger partial charge in [-0.2, -0.15) is 0 Å². The van der Waals surface area contributed by atoms with Gasteiger partial charge < -0.3 is 45.3 Å². The Balaban J connectivity index is 1.48. The molecular formula is C31H39N3O12. The number of aliphatic hydroxyl groups is 1. The molecule has 2 aliphatic carbocycles. The highest BCUT2D eigenvalue weighted by atomic mass is 16.6. The molecule has 1 spiro atoms. The standard InChI is InChI=1S/C31H39N3O12/c1-15(35)27(39)33-11-8-22(37)46-31-10-7-20(44-29(42)16(2)43-23(38)14-18(32)28(40)41)26-30(31)9-4-12-34(3)21(31)13-17-5-6-19(36)25(45-26)24(17)30/h5-7,15-16,18,21,26,35-36H,4,8-14,32H2,1-3H3,(H,33,39)(H,40,41)/t15-,16-,18-,21+,26-,30-,31+/m0/s1. The van der Waals surface area contributed by atoms with Crippen molar-refractivity contribution >= 4 is 29.8 Å². The number of hydrogen-bond donors (Lipinski definition) is 5. The smallest absolute Gasteiger partial charge is 0.352 e. The highest BCUT2D eigenvalue weighted by Crippen LogP contribution is 2.66. The van der Waals surface area contributed by atoms with Crippen molar-refractivity contribution in [2.45, 2.75) is 93.8 Å². The molecule has 1 aromatic carbocycles. The molecule has 0 saturated carbocycles. The Labute approximate surface area is 264 Å². The highest BCUT2D eigenvalue weighted by molar-refractivity contribution is 5.84. The van der Waals surface area contributed by atoms with Gasteiger partial charge in [0, 0.05) is 18.5 Å². The molecule has 250 valence electrons. The number of aliphatic hydroxyl groups excluding tert-OH is 1. The molecule has 15 nitrogen and oxygen atoms in total. The minimum Gasteiger partial charge on any atom is -0.504 e. The van der Waals surface area contributed by atoms with E-state index in [2.05, 4.69) is 10.2 Å². The normalized spacial score (nSPS) is 27.8. The van der Waals surface area contributed by atoms with Gasteiger partial charge in [0.25, 0.3) is 0 Å². The Bertz CT molecular complexity index is 1480. The lowest BCUT2D eigenvalue weighted by atomic mass is 9.52. The van der Waals surface area contributed by atoms with Crippen LogP contribution in [0.4, 0.5) is 0 Å². The van der Waals surface area contributed by atoms with E-state index in [1.165, 1.54) is 19.9 Å². The van der Waals surface area contributed by atoms with Crippen LogP contribution in [0.2, 0.25) is 0 Å². The summed E-state index contributed by atoms with van der Waals surface area (Å²) in [4.78, 5) is 63.8. The number of phenolic OH excluding ortho intramolecular Hbond substituents is 1. The van der Waals surface area contributed by atoms with Crippen molar-refractivity contribution in [3.8, 4) is 11.5 Å². The molecular weight excluding hydrogens is 606 g/mol. The number of nitrogens with two attached hydrogens (primary N) is 1. The van der Waals surface area contributed by atoms with Crippen molar-refractivity contribution < 1.29 is 58.2 Å². The Hall–Kier alpha value is -4.21. The third-order valence-corrected chi connectivity index (χ3v) is 9.40. The number of rotatable bonds is 11. The van der Waals surface area contributed by atoms with Gasteiger partial charge in [-0.3, -0.25) is 24.1 Å². The van der Waals surface area contributed by atoms with E-state index in [1.807, 2.05) is 13.1 Å². The number of carboxylic acid groups (broad SMARTS) is 1. The number of phenols is 1. The molecule has 46 heavy (non-hydrogen) atoms. The molecule has 5 rings (SSSR count). The summed E-state index contributed by atoms with van der Waals surface area (Å²) in [6.45, 7) is 3.21. The number of nitrogens with one attached hydrogen (secondary N) is 1. The summed E-state index contributed by atoms with van der Waals surface area (Å²) in [5.74, 6) is -4.36. The van der Waals surface area contributed by atoms with Crippen LogP contribution in [0.15, 0.2) is 24.0 Å². The van der Waals surface area contributed by atoms with Crippen molar-refractivity contribution in [3.05, 3.63) is 35.1 Å². The van der Waals surface area contributed by atoms with Gasteiger partial charge in [-0.05, 0) is 64.4 Å². The van der Waals surface area contributed by atoms with Gasteiger partial charge in [0.15, 0.2) is 23.7 Å². The molecule has 7 atom stereocenters. The lowest BCUT2D eigenvalue weighted by molar-refractivity contribution is -0.191. The van der Waals surface area contributed by atoms with E-state index in [-0.39, 0.29) is 42.7 Å². The maximum absolute atomic E-state index is 13.5. The number of amides is 1. The van der Waals surface area contributed by atoms with E-state index in [0.29, 0.717) is 31.4 Å². The molecule has 4 aliphatic rings. The van der Waals surface area contributed by atoms with Gasteiger partial charge >= 0.3 is 23.9 Å². The van der Waals surface area contributed by atoms with E-state index >= 15 is 0 Å². The minimum absolute atomic E-state index is 0.0542. The summed E-state index contributed by atoms with van der Waals surface area (Å²) in [7, 11) is 1.95. The van der Waals surface area contributed by atoms with Crippen molar-refractivity contribution in [3.63, 3.8) is 0 Å². The molecule has 6 N–H and O–H groups in total. The number of aliphatic carboxylic acids is 1. The number of benzene rings is 1. The number of ether oxygens (including phenoxy) is 4. The first-order chi connectivity index (χ1) is 21.7. The number of hydrogen-bond acceptors (Lipinski definition) is 13. The second-order valence-electron chi connectivity index (χ2n) is 12.3. The Morgan fingerprint density at radius 2 is 1.93 bits per heavy atom. The average Bonchev–Trinajstić information content (AvgIpc) is 3.32. The van der Waals surface area contributed by atoms with Crippen molar-refractivity contribution in [1.29, 1.82) is 0 Å². The predicted octanol–water partition coefficient (Wildman–Crippen LogP) is -0.225. The van der Waals surface area contributed by atoms with E-state index in [4.69, 9.17) is 29.8 Å². The third kappa shape index (κ3) is 5.56. The molecule has 1 fully saturated rings. The van der Waals surface area contributed by atoms with Crippen LogP contribution in [0.25, 0.3) is 0 Å². The molecule has 15 heteroatoms. The number of carboxylic acids is 1. The lowest BCUT2D eigenvalue weighted by Crippen LogP contribution is -2.71. The van der Waals surface area contributed by atoms with E-state index in [0.717, 1.165) is 5.56 Å². The fourth-order valence-electron chi connectivity index (χ4n) is 7.31. The van der Waals surface area contributed by atoms with Crippen LogP contribution in [0.5, 0.6) is 11.5 Å². The Morgan fingerprint density at radius 1 is 1.20 bits per heavy atom. The molecule has 2 aliphatic heterocycles. The van der Waals surface area contributed by atoms with Gasteiger partial charge in [0.05, 0.1) is 24.3 Å². The largest absolute Gasteiger partial charge is 0.504 e. The summed E-state index contributed by atoms with van der Waals surface area (Å²) >= 11 is 0. The number of aromatic hydroxyl groups is 1. The van der Waals surface area contributed by atoms with Crippen LogP contribution >= 0.6 is 0 Å². The van der Waals surface area contributed by atoms with Crippen molar-refractivity contribution in [2.24, 2.45) is 5.73 Å². The zero-order chi connectivity index (χ0) is 33.6. The zero-order valence-electron chi connectivity index (χ0n) is 25.8. The monoisotopic (exact) mass is 645 g/mol. The number of likely N-dealkylation sites (tertiary alicyclic amines) is 1. The molecule has 0 radical (unpaired) electrons. The number of carbonyl (C=O) groups is 5. The SMILES string of the molecule is C[C@H](O)C(=O)NCCC(=O)O[C@@]12CC=C(OC(=O)[C@H](C)OC(=O)C[C@H](N)C(=O)O)[C@@H]3Oc4c(O)ccc5c4[C@@]31CCCN(C)[C@@H]2C5. The number of esters is 3. The van der Waals surface area contributed by atoms with Crippen molar-refractivity contribution in [1.82, 2.24) is 10.2 Å². The topological polar surface area (TPSA) is 224 Å². The second-order valence-corrected chi connectivity index (χ2v) is 12.3. The first-order valence-corrected chi connectivity index (χ1v) is 15.2. The molecule has 2 bridgehead atoms. The molecule has 0 unspecified atom stereocenters. The van der Waals surface area contributed by atoms with Crippen molar-refractivity contribution in [2.75, 3.05) is 20.1 Å². The number of likely N-dealkylation sites (N-methyl/N-ethyl adjacent to an activating group) is 1. The first-order valence-electron chi connectivity index (χ1n) is 15.2. The average molecular weight is 646 g/mol. The fourth-order valence-corrected chi connectivity index (χ4v) is 7.31. The lowest BCUT2D eigenvalue weighted by Gasteiger charge is -2.58. The Kier molecular flexibility index (Phi) is 9.03. The predicted molar refractivity (Wildman–Crippen MR) is 156 cm³/mol. The van der Waals surface area contributed by atoms with Gasteiger partial charge in [0.2, 0.25) is 5.91 Å². The van der Waals surface area contributed by atoms with Crippen LogP contribution in [-0.4, -0.2) is 106 Å². The van der Waals surface area contributed by atoms with Crippen LogP contribution in [0, 0.1) is 0 Å². The molecule has 1 amide bonds. The van der Waals surface area contributed by atoms with Gasteiger partial charge in [-0.15, -0.1) is 0 Å². The maximum atomic E-state index is 13.5. The zero-order valence-corrected chi connectivity index (χ0v) is 25.8. The summed E-state index contributed by atoms with van der Waals surface area (Å²) in [6.07, 6.45) is -1.16. The molecule has 0 aromatic heterocycles. The van der Waals surface area contributed by atoms with Gasteiger partial charge in [-0.25, -0.2) is 4.79 Å². The summed E-state index contributed by atoms with van der Waals surface area (Å²) in [5.41, 5.74) is 4.68. The van der Waals surface area contributed by atoms with Crippen LogP contribution in [0.1, 0.15) is 57.1 Å². The third-order valence-electron chi connectivity index (χ3n) is 9.40. The second kappa shape index (κ2) is 12.5. The van der Waals surface area contributed by atoms with E-state index in [1.54, 1.807) is 6.08 Å². The Morgan fingerprint density at radius 3 is 2.63 bits per heavy atom. The van der Waals surface area contributed by atoms with Gasteiger partial charge in [-0.1, -0.05) is 6.07 Å². The van der Waals surface area contributed by atoms with Crippen LogP contribution in [-0.2, 0) is 50.0 Å². The number of nitrogens with zero attached hydrogens (tertiary/aromatic N) is 1. The highest BCUT2D eigenvalue weighted by Gasteiger charge is 2.73. The van der Waals surface area contributed by atoms with E-state index in [9.17, 15) is 34.2 Å². The van der Waals surface area contributed by atoms with Crippen LogP contribution in [0.3, 0.4) is 0 Å². The summed E-state index contributed by atoms with van der Waals surface area (Å²) < 4.78 is 23.8. The molecule has 2 heterocycles.